The molecular formula is C20H31N3O3. The number of nitrogens with one attached hydrogen (secondary N) is 1. The molecule has 0 bridgehead atoms. The van der Waals surface area contributed by atoms with Gasteiger partial charge in [0.1, 0.15) is 5.69 Å². The highest BCUT2D eigenvalue weighted by molar-refractivity contribution is 5.93. The summed E-state index contributed by atoms with van der Waals surface area (Å²) >= 11 is 0. The van der Waals surface area contributed by atoms with Crippen molar-refractivity contribution < 1.29 is 14.7 Å². The minimum atomic E-state index is -0.809. The molecule has 1 aromatic rings. The number of amides is 1. The van der Waals surface area contributed by atoms with Crippen molar-refractivity contribution in [2.75, 3.05) is 0 Å². The van der Waals surface area contributed by atoms with Gasteiger partial charge in [0.2, 0.25) is 0 Å². The largest absolute Gasteiger partial charge is 0.481 e. The number of hydrogen-bond donors (Lipinski definition) is 2. The summed E-state index contributed by atoms with van der Waals surface area (Å²) in [7, 11) is 0. The lowest BCUT2D eigenvalue weighted by molar-refractivity contribution is -0.143. The van der Waals surface area contributed by atoms with Gasteiger partial charge in [-0.1, -0.05) is 25.7 Å². The van der Waals surface area contributed by atoms with Crippen LogP contribution < -0.4 is 5.32 Å². The SMILES string of the molecule is CC(C)(C)n1nc(C(=O)NC2CCCCCCC2C(=O)O)cc1C1CC1. The molecule has 2 N–H and O–H groups in total. The van der Waals surface area contributed by atoms with E-state index in [0.717, 1.165) is 50.6 Å². The zero-order valence-corrected chi connectivity index (χ0v) is 16.1. The van der Waals surface area contributed by atoms with Crippen molar-refractivity contribution >= 4 is 11.9 Å². The van der Waals surface area contributed by atoms with Crippen LogP contribution in [-0.2, 0) is 10.3 Å². The van der Waals surface area contributed by atoms with E-state index in [9.17, 15) is 14.7 Å². The van der Waals surface area contributed by atoms with Gasteiger partial charge in [0.25, 0.3) is 5.91 Å². The van der Waals surface area contributed by atoms with Crippen molar-refractivity contribution in [1.82, 2.24) is 15.1 Å². The molecule has 2 saturated carbocycles. The van der Waals surface area contributed by atoms with Gasteiger partial charge in [0, 0.05) is 17.7 Å². The van der Waals surface area contributed by atoms with E-state index >= 15 is 0 Å². The molecule has 2 aliphatic carbocycles. The normalized spacial score (nSPS) is 24.6. The molecular weight excluding hydrogens is 330 g/mol. The average Bonchev–Trinajstić information content (AvgIpc) is 3.26. The van der Waals surface area contributed by atoms with Gasteiger partial charge < -0.3 is 10.4 Å². The maximum Gasteiger partial charge on any atom is 0.308 e. The fourth-order valence-corrected chi connectivity index (χ4v) is 3.91. The third-order valence-corrected chi connectivity index (χ3v) is 5.50. The first-order valence-electron chi connectivity index (χ1n) is 9.91. The molecule has 0 aromatic carbocycles. The molecule has 2 aliphatic rings. The molecule has 6 nitrogen and oxygen atoms in total. The van der Waals surface area contributed by atoms with Crippen molar-refractivity contribution in [3.05, 3.63) is 17.5 Å². The molecule has 1 amide bonds. The molecule has 1 heterocycles. The molecule has 26 heavy (non-hydrogen) atoms. The number of rotatable bonds is 4. The van der Waals surface area contributed by atoms with Crippen LogP contribution in [-0.4, -0.2) is 32.8 Å². The number of aromatic nitrogens is 2. The third-order valence-electron chi connectivity index (χ3n) is 5.50. The van der Waals surface area contributed by atoms with Gasteiger partial charge in [-0.25, -0.2) is 0 Å². The Morgan fingerprint density at radius 1 is 1.12 bits per heavy atom. The zero-order chi connectivity index (χ0) is 18.9. The second-order valence-corrected chi connectivity index (χ2v) is 8.83. The smallest absolute Gasteiger partial charge is 0.308 e. The average molecular weight is 361 g/mol. The molecule has 2 fully saturated rings. The van der Waals surface area contributed by atoms with E-state index in [2.05, 4.69) is 31.2 Å². The maximum absolute atomic E-state index is 12.8. The Hall–Kier alpha value is -1.85. The van der Waals surface area contributed by atoms with Gasteiger partial charge in [0.15, 0.2) is 0 Å². The van der Waals surface area contributed by atoms with Gasteiger partial charge in [-0.15, -0.1) is 0 Å². The lowest BCUT2D eigenvalue weighted by Crippen LogP contribution is -2.44. The zero-order valence-electron chi connectivity index (χ0n) is 16.1. The van der Waals surface area contributed by atoms with E-state index in [1.54, 1.807) is 0 Å². The Morgan fingerprint density at radius 2 is 1.77 bits per heavy atom. The Balaban J connectivity index is 1.78. The van der Waals surface area contributed by atoms with Crippen LogP contribution in [0.1, 0.15) is 94.2 Å². The van der Waals surface area contributed by atoms with Gasteiger partial charge >= 0.3 is 5.97 Å². The van der Waals surface area contributed by atoms with E-state index in [0.29, 0.717) is 18.0 Å². The third kappa shape index (κ3) is 4.27. The molecule has 1 aromatic heterocycles. The molecule has 144 valence electrons. The first kappa shape index (κ1) is 18.9. The predicted molar refractivity (Wildman–Crippen MR) is 99.3 cm³/mol. The van der Waals surface area contributed by atoms with E-state index in [-0.39, 0.29) is 17.5 Å². The highest BCUT2D eigenvalue weighted by Crippen LogP contribution is 2.41. The lowest BCUT2D eigenvalue weighted by Gasteiger charge is -2.27. The topological polar surface area (TPSA) is 84.2 Å². The molecule has 0 aliphatic heterocycles. The molecule has 6 heteroatoms. The van der Waals surface area contributed by atoms with Gasteiger partial charge in [-0.2, -0.15) is 5.10 Å². The molecule has 3 rings (SSSR count). The summed E-state index contributed by atoms with van der Waals surface area (Å²) in [5.74, 6) is -1.06. The van der Waals surface area contributed by atoms with E-state index in [1.165, 1.54) is 0 Å². The second-order valence-electron chi connectivity index (χ2n) is 8.83. The van der Waals surface area contributed by atoms with Crippen molar-refractivity contribution in [2.45, 2.75) is 89.6 Å². The fraction of sp³-hybridized carbons (Fsp3) is 0.750. The Labute approximate surface area is 155 Å². The number of aliphatic carboxylic acids is 1. The van der Waals surface area contributed by atoms with Crippen LogP contribution in [0.3, 0.4) is 0 Å². The predicted octanol–water partition coefficient (Wildman–Crippen LogP) is 3.67. The second kappa shape index (κ2) is 7.41. The molecule has 0 radical (unpaired) electrons. The van der Waals surface area contributed by atoms with Gasteiger partial charge in [-0.05, 0) is 52.5 Å². The molecule has 2 unspecified atom stereocenters. The molecule has 0 saturated heterocycles. The van der Waals surface area contributed by atoms with Crippen LogP contribution in [0, 0.1) is 5.92 Å². The van der Waals surface area contributed by atoms with E-state index in [1.807, 2.05) is 10.7 Å². The monoisotopic (exact) mass is 361 g/mol. The number of hydrogen-bond acceptors (Lipinski definition) is 3. The van der Waals surface area contributed by atoms with Crippen molar-refractivity contribution in [3.63, 3.8) is 0 Å². The summed E-state index contributed by atoms with van der Waals surface area (Å²) in [5.41, 5.74) is 1.35. The van der Waals surface area contributed by atoms with Crippen LogP contribution in [0.5, 0.6) is 0 Å². The van der Waals surface area contributed by atoms with Crippen molar-refractivity contribution in [2.24, 2.45) is 5.92 Å². The van der Waals surface area contributed by atoms with Crippen LogP contribution in [0.15, 0.2) is 6.07 Å². The highest BCUT2D eigenvalue weighted by atomic mass is 16.4. The van der Waals surface area contributed by atoms with Gasteiger partial charge in [-0.3, -0.25) is 14.3 Å². The maximum atomic E-state index is 12.8. The van der Waals surface area contributed by atoms with E-state index in [4.69, 9.17) is 0 Å². The number of nitrogens with zero attached hydrogens (tertiary/aromatic N) is 2. The first-order valence-corrected chi connectivity index (χ1v) is 9.91. The Bertz CT molecular complexity index is 670. The number of carboxylic acids is 1. The summed E-state index contributed by atoms with van der Waals surface area (Å²) in [4.78, 5) is 24.5. The number of carboxylic acid groups (broad SMARTS) is 1. The minimum absolute atomic E-state index is 0.180. The summed E-state index contributed by atoms with van der Waals surface area (Å²) < 4.78 is 1.96. The van der Waals surface area contributed by atoms with Gasteiger partial charge in [0.05, 0.1) is 11.5 Å². The number of carbonyl (C=O) groups is 2. The minimum Gasteiger partial charge on any atom is -0.481 e. The van der Waals surface area contributed by atoms with Crippen molar-refractivity contribution in [1.29, 1.82) is 0 Å². The van der Waals surface area contributed by atoms with Crippen LogP contribution >= 0.6 is 0 Å². The summed E-state index contributed by atoms with van der Waals surface area (Å²) in [5, 5.41) is 17.1. The summed E-state index contributed by atoms with van der Waals surface area (Å²) in [6.07, 6.45) is 7.68. The highest BCUT2D eigenvalue weighted by Gasteiger charge is 2.34. The van der Waals surface area contributed by atoms with E-state index < -0.39 is 11.9 Å². The van der Waals surface area contributed by atoms with Crippen molar-refractivity contribution in [3.8, 4) is 0 Å². The summed E-state index contributed by atoms with van der Waals surface area (Å²) in [6.45, 7) is 6.26. The molecule has 0 spiro atoms. The van der Waals surface area contributed by atoms with Crippen LogP contribution in [0.25, 0.3) is 0 Å². The number of carbonyl (C=O) groups excluding carboxylic acids is 1. The lowest BCUT2D eigenvalue weighted by atomic mass is 9.86. The first-order chi connectivity index (χ1) is 12.3. The van der Waals surface area contributed by atoms with Crippen LogP contribution in [0.2, 0.25) is 0 Å². The Morgan fingerprint density at radius 3 is 2.35 bits per heavy atom. The summed E-state index contributed by atoms with van der Waals surface area (Å²) in [6, 6.07) is 1.58. The standard InChI is InChI=1S/C20H31N3O3/c1-20(2,3)23-17(13-10-11-13)12-16(22-23)18(24)21-15-9-7-5-4-6-8-14(15)19(25)26/h12-15H,4-11H2,1-3H3,(H,21,24)(H,25,26). The Kier molecular flexibility index (Phi) is 5.39. The van der Waals surface area contributed by atoms with Crippen LogP contribution in [0.4, 0.5) is 0 Å². The molecule has 2 atom stereocenters. The fourth-order valence-electron chi connectivity index (χ4n) is 3.91. The quantitative estimate of drug-likeness (QED) is 0.857.